The smallest absolute Gasteiger partial charge is 0.123 e. The van der Waals surface area contributed by atoms with Gasteiger partial charge in [-0.15, -0.1) is 0 Å². The molecular weight excluding hydrogens is 990 g/mol. The van der Waals surface area contributed by atoms with E-state index in [0.717, 1.165) is 35.1 Å². The molecule has 336 valence electrons. The van der Waals surface area contributed by atoms with E-state index in [9.17, 15) is 4.39 Å². The van der Waals surface area contributed by atoms with Crippen molar-refractivity contribution in [2.45, 2.75) is 68.2 Å². The maximum Gasteiger partial charge on any atom is 0.123 e. The van der Waals surface area contributed by atoms with Crippen molar-refractivity contribution in [1.82, 2.24) is 0 Å². The second kappa shape index (κ2) is 32.7. The van der Waals surface area contributed by atoms with Gasteiger partial charge in [-0.25, -0.2) is 4.39 Å². The Morgan fingerprint density at radius 3 is 1.44 bits per heavy atom. The summed E-state index contributed by atoms with van der Waals surface area (Å²) in [5, 5.41) is 3.45. The molecular formula is C58H64BrClFIO2. The van der Waals surface area contributed by atoms with E-state index in [2.05, 4.69) is 158 Å². The molecule has 0 radical (unpaired) electrons. The minimum atomic E-state index is -0.171. The third kappa shape index (κ3) is 26.0. The van der Waals surface area contributed by atoms with Gasteiger partial charge in [0.15, 0.2) is 0 Å². The summed E-state index contributed by atoms with van der Waals surface area (Å²) >= 11 is 11.3. The molecule has 8 aromatic carbocycles. The van der Waals surface area contributed by atoms with Crippen LogP contribution in [0.15, 0.2) is 193 Å². The molecule has 0 aromatic heterocycles. The third-order valence-electron chi connectivity index (χ3n) is 8.96. The molecule has 0 bridgehead atoms. The summed E-state index contributed by atoms with van der Waals surface area (Å²) in [5.74, 6) is 1.74. The molecule has 64 heavy (non-hydrogen) atoms. The van der Waals surface area contributed by atoms with Gasteiger partial charge in [-0.2, -0.15) is 0 Å². The monoisotopic (exact) mass is 1050 g/mol. The van der Waals surface area contributed by atoms with E-state index in [1.807, 2.05) is 99.6 Å². The molecule has 0 amide bonds. The quantitative estimate of drug-likeness (QED) is 0.126. The van der Waals surface area contributed by atoms with Gasteiger partial charge in [-0.05, 0) is 177 Å². The zero-order chi connectivity index (χ0) is 47.1. The minimum Gasteiger partial charge on any atom is -0.497 e. The Hall–Kier alpha value is -4.95. The maximum absolute atomic E-state index is 12.1. The van der Waals surface area contributed by atoms with Gasteiger partial charge in [0.05, 0.1) is 13.7 Å². The van der Waals surface area contributed by atoms with Crippen molar-refractivity contribution in [1.29, 1.82) is 0 Å². The van der Waals surface area contributed by atoms with Gasteiger partial charge in [0.1, 0.15) is 17.3 Å². The van der Waals surface area contributed by atoms with Gasteiger partial charge in [0.2, 0.25) is 0 Å². The molecule has 8 aromatic rings. The second-order valence-electron chi connectivity index (χ2n) is 15.0. The number of ether oxygens (including phenoxy) is 2. The number of rotatable bonds is 5. The van der Waals surface area contributed by atoms with E-state index < -0.39 is 0 Å². The maximum atomic E-state index is 12.1. The lowest BCUT2D eigenvalue weighted by atomic mass is 10.1. The van der Waals surface area contributed by atoms with E-state index in [1.165, 1.54) is 70.7 Å². The zero-order valence-electron chi connectivity index (χ0n) is 38.8. The summed E-state index contributed by atoms with van der Waals surface area (Å²) in [6, 6.07) is 61.8. The predicted octanol–water partition coefficient (Wildman–Crippen LogP) is 18.5. The molecule has 0 spiro atoms. The fourth-order valence-electron chi connectivity index (χ4n) is 5.31. The van der Waals surface area contributed by atoms with Crippen LogP contribution in [-0.4, -0.2) is 13.7 Å². The molecule has 6 heteroatoms. The molecule has 0 saturated heterocycles. The fraction of sp³-hybridized carbons (Fsp3) is 0.207. The molecule has 0 N–H and O–H groups in total. The van der Waals surface area contributed by atoms with Crippen LogP contribution in [-0.2, 0) is 0 Å². The number of benzene rings is 8. The summed E-state index contributed by atoms with van der Waals surface area (Å²) in [4.78, 5) is 0. The molecule has 0 aliphatic heterocycles. The molecule has 0 unspecified atom stereocenters. The zero-order valence-corrected chi connectivity index (χ0v) is 43.3. The Morgan fingerprint density at radius 2 is 0.984 bits per heavy atom. The van der Waals surface area contributed by atoms with Gasteiger partial charge in [-0.1, -0.05) is 179 Å². The van der Waals surface area contributed by atoms with Crippen molar-refractivity contribution in [3.05, 3.63) is 246 Å². The summed E-state index contributed by atoms with van der Waals surface area (Å²) < 4.78 is 25.1. The first-order chi connectivity index (χ1) is 30.7. The van der Waals surface area contributed by atoms with Gasteiger partial charge in [0, 0.05) is 13.1 Å². The first kappa shape index (κ1) is 55.2. The lowest BCUT2D eigenvalue weighted by molar-refractivity contribution is 0.309. The van der Waals surface area contributed by atoms with E-state index in [0.29, 0.717) is 0 Å². The van der Waals surface area contributed by atoms with Crippen LogP contribution in [0.3, 0.4) is 0 Å². The lowest BCUT2D eigenvalue weighted by Crippen LogP contribution is -1.96. The summed E-state index contributed by atoms with van der Waals surface area (Å²) in [5.41, 5.74) is 8.71. The van der Waals surface area contributed by atoms with Crippen LogP contribution < -0.4 is 9.47 Å². The average molecular weight is 1050 g/mol. The number of hydrogen-bond acceptors (Lipinski definition) is 2. The van der Waals surface area contributed by atoms with Gasteiger partial charge >= 0.3 is 0 Å². The van der Waals surface area contributed by atoms with Crippen LogP contribution in [0.4, 0.5) is 4.39 Å². The van der Waals surface area contributed by atoms with Crippen molar-refractivity contribution in [2.75, 3.05) is 13.7 Å². The topological polar surface area (TPSA) is 18.5 Å². The highest BCUT2D eigenvalue weighted by Crippen LogP contribution is 2.16. The number of unbranched alkanes of at least 4 members (excludes halogenated alkanes) is 1. The SMILES string of the molecule is CCCCOc1cccc(C)c1.COc1cccc(C)c1.Cc1ccc(F)cc1.Cc1ccc(I)cc1.Cc1ccc2ccccc2c1.Cc1cccc(Cl)c1.Cc1ccccc1Br. The van der Waals surface area contributed by atoms with Crippen LogP contribution in [0, 0.1) is 57.9 Å². The van der Waals surface area contributed by atoms with Crippen molar-refractivity contribution in [2.24, 2.45) is 0 Å². The average Bonchev–Trinajstić information content (AvgIpc) is 3.28. The van der Waals surface area contributed by atoms with Crippen LogP contribution in [0.5, 0.6) is 11.5 Å². The molecule has 0 atom stereocenters. The Morgan fingerprint density at radius 1 is 0.500 bits per heavy atom. The highest BCUT2D eigenvalue weighted by molar-refractivity contribution is 14.1. The van der Waals surface area contributed by atoms with Crippen molar-refractivity contribution in [3.63, 3.8) is 0 Å². The van der Waals surface area contributed by atoms with Gasteiger partial charge < -0.3 is 9.47 Å². The number of hydrogen-bond donors (Lipinski definition) is 0. The van der Waals surface area contributed by atoms with Crippen LogP contribution >= 0.6 is 50.1 Å². The molecule has 2 nitrogen and oxygen atoms in total. The van der Waals surface area contributed by atoms with Crippen LogP contribution in [0.25, 0.3) is 10.8 Å². The van der Waals surface area contributed by atoms with Crippen molar-refractivity contribution < 1.29 is 13.9 Å². The molecule has 8 rings (SSSR count). The molecule has 0 fully saturated rings. The van der Waals surface area contributed by atoms with Crippen LogP contribution in [0.2, 0.25) is 5.02 Å². The van der Waals surface area contributed by atoms with Gasteiger partial charge in [-0.3, -0.25) is 0 Å². The highest BCUT2D eigenvalue weighted by atomic mass is 127. The Balaban J connectivity index is 0.000000258. The number of halogens is 4. The van der Waals surface area contributed by atoms with Crippen molar-refractivity contribution in [3.8, 4) is 11.5 Å². The summed E-state index contributed by atoms with van der Waals surface area (Å²) in [7, 11) is 1.68. The standard InChI is InChI=1S/C11H16O.C11H10.C8H10O.C7H7Br.C7H7Cl.C7H7F.C7H7I/c1-3-4-8-12-11-7-5-6-10(2)9-11;1-9-6-7-10-4-2-3-5-11(10)8-9;1-7-4-3-5-8(6-7)9-2;1-6-4-2-3-5-7(6)8;1-6-3-2-4-7(8)5-6;2*1-6-2-4-7(8)5-3-6/h5-7,9H,3-4,8H2,1-2H3;2-8H,1H3;3-6H,1-2H3;4*2-5H,1H3. The second-order valence-corrected chi connectivity index (χ2v) is 17.6. The number of methoxy groups -OCH3 is 1. The Bertz CT molecular complexity index is 2350. The Kier molecular flexibility index (Phi) is 28.2. The lowest BCUT2D eigenvalue weighted by Gasteiger charge is -2.04. The fourth-order valence-corrected chi connectivity index (χ4v) is 6.20. The normalized spacial score (nSPS) is 9.52. The summed E-state index contributed by atoms with van der Waals surface area (Å²) in [6.07, 6.45) is 2.32. The third-order valence-corrected chi connectivity index (χ3v) is 10.8. The highest BCUT2D eigenvalue weighted by Gasteiger charge is 1.93. The largest absolute Gasteiger partial charge is 0.497 e. The van der Waals surface area contributed by atoms with E-state index in [1.54, 1.807) is 19.2 Å². The number of fused-ring (bicyclic) bond motifs is 1. The Labute approximate surface area is 411 Å². The molecule has 0 heterocycles. The minimum absolute atomic E-state index is 0.171. The molecule has 0 aliphatic rings. The van der Waals surface area contributed by atoms with E-state index in [4.69, 9.17) is 21.1 Å². The predicted molar refractivity (Wildman–Crippen MR) is 288 cm³/mol. The van der Waals surface area contributed by atoms with Gasteiger partial charge in [0.25, 0.3) is 0 Å². The summed E-state index contributed by atoms with van der Waals surface area (Å²) in [6.45, 7) is 17.4. The first-order valence-electron chi connectivity index (χ1n) is 21.3. The number of aryl methyl sites for hydroxylation is 7. The molecule has 0 aliphatic carbocycles. The van der Waals surface area contributed by atoms with Crippen molar-refractivity contribution >= 4 is 60.9 Å². The van der Waals surface area contributed by atoms with Crippen LogP contribution in [0.1, 0.15) is 58.7 Å². The van der Waals surface area contributed by atoms with E-state index >= 15 is 0 Å². The van der Waals surface area contributed by atoms with E-state index in [-0.39, 0.29) is 5.82 Å². The molecule has 0 saturated carbocycles. The first-order valence-corrected chi connectivity index (χ1v) is 23.6.